The molecule has 0 fully saturated rings. The zero-order valence-electron chi connectivity index (χ0n) is 8.16. The van der Waals surface area contributed by atoms with Gasteiger partial charge in [-0.15, -0.1) is 0 Å². The summed E-state index contributed by atoms with van der Waals surface area (Å²) >= 11 is 0. The van der Waals surface area contributed by atoms with E-state index < -0.39 is 0 Å². The predicted molar refractivity (Wildman–Crippen MR) is 54.9 cm³/mol. The van der Waals surface area contributed by atoms with Crippen molar-refractivity contribution in [2.75, 3.05) is 0 Å². The predicted octanol–water partition coefficient (Wildman–Crippen LogP) is 1.85. The first-order valence-electron chi connectivity index (χ1n) is 4.48. The van der Waals surface area contributed by atoms with Crippen LogP contribution in [0, 0.1) is 11.3 Å². The fourth-order valence-corrected chi connectivity index (χ4v) is 1.12. The second-order valence-corrected chi connectivity index (χ2v) is 2.89. The molecule has 0 spiro atoms. The number of phenols is 1. The lowest BCUT2D eigenvalue weighted by molar-refractivity contribution is 0.400. The molecule has 0 radical (unpaired) electrons. The van der Waals surface area contributed by atoms with Gasteiger partial charge >= 0.3 is 0 Å². The minimum Gasteiger partial charge on any atom is -0.504 e. The first kappa shape index (κ1) is 9.93. The highest BCUT2D eigenvalue weighted by atomic mass is 16.5. The standard InChI is InChI=1S/C11H7N3O2/c12-7-8-11(14-6-5-13-8)16-10-4-2-1-3-9(10)15/h1-6,15H. The molecule has 1 heterocycles. The van der Waals surface area contributed by atoms with Gasteiger partial charge in [-0.25, -0.2) is 9.97 Å². The average molecular weight is 213 g/mol. The number of hydrogen-bond acceptors (Lipinski definition) is 5. The van der Waals surface area contributed by atoms with E-state index in [4.69, 9.17) is 10.00 Å². The Balaban J connectivity index is 2.35. The number of phenolic OH excluding ortho intramolecular Hbond substituents is 1. The molecule has 0 unspecified atom stereocenters. The fourth-order valence-electron chi connectivity index (χ4n) is 1.12. The first-order valence-corrected chi connectivity index (χ1v) is 4.48. The summed E-state index contributed by atoms with van der Waals surface area (Å²) in [4.78, 5) is 7.66. The highest BCUT2D eigenvalue weighted by molar-refractivity contribution is 5.42. The smallest absolute Gasteiger partial charge is 0.256 e. The van der Waals surface area contributed by atoms with E-state index in [0.29, 0.717) is 0 Å². The SMILES string of the molecule is N#Cc1nccnc1Oc1ccccc1O. The van der Waals surface area contributed by atoms with Crippen LogP contribution in [0.15, 0.2) is 36.7 Å². The Morgan fingerprint density at radius 1 is 1.19 bits per heavy atom. The molecule has 78 valence electrons. The second-order valence-electron chi connectivity index (χ2n) is 2.89. The molecule has 0 bridgehead atoms. The van der Waals surface area contributed by atoms with E-state index in [9.17, 15) is 5.11 Å². The topological polar surface area (TPSA) is 79.0 Å². The molecule has 0 saturated carbocycles. The van der Waals surface area contributed by atoms with Gasteiger partial charge in [0.15, 0.2) is 11.5 Å². The highest BCUT2D eigenvalue weighted by Gasteiger charge is 2.08. The van der Waals surface area contributed by atoms with Crippen molar-refractivity contribution in [3.63, 3.8) is 0 Å². The zero-order valence-corrected chi connectivity index (χ0v) is 8.16. The van der Waals surface area contributed by atoms with Gasteiger partial charge in [0, 0.05) is 12.4 Å². The number of nitrogens with zero attached hydrogens (tertiary/aromatic N) is 3. The van der Waals surface area contributed by atoms with Gasteiger partial charge in [-0.05, 0) is 12.1 Å². The van der Waals surface area contributed by atoms with E-state index in [-0.39, 0.29) is 23.1 Å². The Labute approximate surface area is 91.6 Å². The number of aromatic nitrogens is 2. The maximum atomic E-state index is 9.48. The Kier molecular flexibility index (Phi) is 2.65. The van der Waals surface area contributed by atoms with Gasteiger partial charge in [0.25, 0.3) is 5.88 Å². The van der Waals surface area contributed by atoms with Crippen molar-refractivity contribution >= 4 is 0 Å². The summed E-state index contributed by atoms with van der Waals surface area (Å²) in [7, 11) is 0. The van der Waals surface area contributed by atoms with Crippen LogP contribution in [0.1, 0.15) is 5.69 Å². The Hall–Kier alpha value is -2.61. The van der Waals surface area contributed by atoms with Crippen molar-refractivity contribution in [2.45, 2.75) is 0 Å². The molecule has 16 heavy (non-hydrogen) atoms. The van der Waals surface area contributed by atoms with E-state index >= 15 is 0 Å². The number of ether oxygens (including phenoxy) is 1. The van der Waals surface area contributed by atoms with Crippen LogP contribution in [0.25, 0.3) is 0 Å². The lowest BCUT2D eigenvalue weighted by Crippen LogP contribution is -1.93. The molecule has 0 aliphatic rings. The van der Waals surface area contributed by atoms with Gasteiger partial charge < -0.3 is 9.84 Å². The van der Waals surface area contributed by atoms with Crippen LogP contribution in [-0.2, 0) is 0 Å². The van der Waals surface area contributed by atoms with Crippen molar-refractivity contribution in [2.24, 2.45) is 0 Å². The molecule has 5 nitrogen and oxygen atoms in total. The number of aromatic hydroxyl groups is 1. The molecule has 0 aliphatic carbocycles. The monoisotopic (exact) mass is 213 g/mol. The molecule has 2 rings (SSSR count). The summed E-state index contributed by atoms with van der Waals surface area (Å²) in [5.74, 6) is 0.294. The lowest BCUT2D eigenvalue weighted by Gasteiger charge is -2.06. The lowest BCUT2D eigenvalue weighted by atomic mass is 10.3. The number of rotatable bonds is 2. The van der Waals surface area contributed by atoms with E-state index in [1.165, 1.54) is 18.5 Å². The van der Waals surface area contributed by atoms with E-state index in [1.807, 2.05) is 6.07 Å². The molecule has 0 amide bonds. The molecule has 0 atom stereocenters. The van der Waals surface area contributed by atoms with Gasteiger partial charge in [-0.3, -0.25) is 0 Å². The summed E-state index contributed by atoms with van der Waals surface area (Å²) < 4.78 is 5.29. The van der Waals surface area contributed by atoms with Crippen LogP contribution in [-0.4, -0.2) is 15.1 Å². The summed E-state index contributed by atoms with van der Waals surface area (Å²) in [6, 6.07) is 8.29. The number of benzene rings is 1. The molecule has 2 aromatic rings. The van der Waals surface area contributed by atoms with E-state index in [0.717, 1.165) is 0 Å². The number of para-hydroxylation sites is 2. The second kappa shape index (κ2) is 4.28. The van der Waals surface area contributed by atoms with E-state index in [2.05, 4.69) is 9.97 Å². The van der Waals surface area contributed by atoms with Gasteiger partial charge in [-0.2, -0.15) is 5.26 Å². The summed E-state index contributed by atoms with van der Waals surface area (Å²) in [5, 5.41) is 18.3. The van der Waals surface area contributed by atoms with E-state index in [1.54, 1.807) is 18.2 Å². The minimum absolute atomic E-state index is 0.0166. The van der Waals surface area contributed by atoms with Gasteiger partial charge in [0.05, 0.1) is 0 Å². The Morgan fingerprint density at radius 3 is 2.69 bits per heavy atom. The normalized spacial score (nSPS) is 9.44. The fraction of sp³-hybridized carbons (Fsp3) is 0. The van der Waals surface area contributed by atoms with Crippen LogP contribution in [0.2, 0.25) is 0 Å². The molecule has 0 aliphatic heterocycles. The zero-order chi connectivity index (χ0) is 11.4. The summed E-state index contributed by atoms with van der Waals surface area (Å²) in [6.07, 6.45) is 2.81. The van der Waals surface area contributed by atoms with Crippen LogP contribution < -0.4 is 4.74 Å². The van der Waals surface area contributed by atoms with Crippen molar-refractivity contribution < 1.29 is 9.84 Å². The summed E-state index contributed by atoms with van der Waals surface area (Å²) in [5.41, 5.74) is 0.0748. The van der Waals surface area contributed by atoms with Gasteiger partial charge in [-0.1, -0.05) is 12.1 Å². The summed E-state index contributed by atoms with van der Waals surface area (Å²) in [6.45, 7) is 0. The number of hydrogen-bond donors (Lipinski definition) is 1. The van der Waals surface area contributed by atoms with Crippen molar-refractivity contribution in [3.8, 4) is 23.4 Å². The van der Waals surface area contributed by atoms with Gasteiger partial charge in [0.2, 0.25) is 5.69 Å². The Morgan fingerprint density at radius 2 is 1.94 bits per heavy atom. The molecule has 1 N–H and O–H groups in total. The quantitative estimate of drug-likeness (QED) is 0.823. The van der Waals surface area contributed by atoms with Gasteiger partial charge in [0.1, 0.15) is 6.07 Å². The molecule has 0 saturated heterocycles. The van der Waals surface area contributed by atoms with Crippen molar-refractivity contribution in [3.05, 3.63) is 42.4 Å². The van der Waals surface area contributed by atoms with Crippen LogP contribution in [0.3, 0.4) is 0 Å². The minimum atomic E-state index is -0.0166. The van der Waals surface area contributed by atoms with Crippen LogP contribution in [0.4, 0.5) is 0 Å². The first-order chi connectivity index (χ1) is 7.81. The maximum Gasteiger partial charge on any atom is 0.256 e. The molecular weight excluding hydrogens is 206 g/mol. The van der Waals surface area contributed by atoms with Crippen LogP contribution in [0.5, 0.6) is 17.4 Å². The third-order valence-electron chi connectivity index (χ3n) is 1.84. The largest absolute Gasteiger partial charge is 0.504 e. The third-order valence-corrected chi connectivity index (χ3v) is 1.84. The van der Waals surface area contributed by atoms with Crippen molar-refractivity contribution in [1.29, 1.82) is 5.26 Å². The third kappa shape index (κ3) is 1.91. The van der Waals surface area contributed by atoms with Crippen LogP contribution >= 0.6 is 0 Å². The highest BCUT2D eigenvalue weighted by Crippen LogP contribution is 2.29. The maximum absolute atomic E-state index is 9.48. The average Bonchev–Trinajstić information content (AvgIpc) is 2.33. The molecular formula is C11H7N3O2. The van der Waals surface area contributed by atoms with Crippen molar-refractivity contribution in [1.82, 2.24) is 9.97 Å². The molecule has 1 aromatic carbocycles. The molecule has 1 aromatic heterocycles. The Bertz CT molecular complexity index is 549. The number of nitriles is 1. The molecule has 5 heteroatoms.